The summed E-state index contributed by atoms with van der Waals surface area (Å²) in [5, 5.41) is 1.18. The highest BCUT2D eigenvalue weighted by Gasteiger charge is 2.25. The Bertz CT molecular complexity index is 1490. The van der Waals surface area contributed by atoms with Gasteiger partial charge in [0.05, 0.1) is 28.9 Å². The summed E-state index contributed by atoms with van der Waals surface area (Å²) in [6, 6.07) is 7.73. The van der Waals surface area contributed by atoms with E-state index in [9.17, 15) is 12.8 Å². The van der Waals surface area contributed by atoms with Crippen molar-refractivity contribution in [2.45, 2.75) is 10.1 Å². The maximum Gasteiger partial charge on any atom is 0.267 e. The zero-order chi connectivity index (χ0) is 23.8. The lowest BCUT2D eigenvalue weighted by Gasteiger charge is -2.14. The first kappa shape index (κ1) is 23.1. The van der Waals surface area contributed by atoms with Gasteiger partial charge in [-0.3, -0.25) is 4.72 Å². The lowest BCUT2D eigenvalue weighted by molar-refractivity contribution is 0.385. The second-order valence-corrected chi connectivity index (χ2v) is 9.54. The Hall–Kier alpha value is -3.02. The molecular formula is C21H15ClF2N4O3S2. The fraction of sp³-hybridized carbons (Fsp3) is 0.0952. The summed E-state index contributed by atoms with van der Waals surface area (Å²) in [4.78, 5) is 11.9. The van der Waals surface area contributed by atoms with Gasteiger partial charge in [-0.25, -0.2) is 32.2 Å². The van der Waals surface area contributed by atoms with E-state index in [0.717, 1.165) is 18.2 Å². The van der Waals surface area contributed by atoms with Crippen LogP contribution in [0.15, 0.2) is 58.8 Å². The van der Waals surface area contributed by atoms with Crippen LogP contribution < -0.4 is 9.46 Å². The molecule has 0 saturated carbocycles. The van der Waals surface area contributed by atoms with Crippen LogP contribution in [0.5, 0.6) is 5.88 Å². The lowest BCUT2D eigenvalue weighted by atomic mass is 10.0. The minimum atomic E-state index is -4.36. The number of fused-ring (bicyclic) bond motifs is 1. The van der Waals surface area contributed by atoms with Crippen molar-refractivity contribution in [3.8, 4) is 17.0 Å². The summed E-state index contributed by atoms with van der Waals surface area (Å²) in [6.07, 6.45) is 4.60. The molecule has 2 heterocycles. The Labute approximate surface area is 197 Å². The molecule has 0 radical (unpaired) electrons. The topological polar surface area (TPSA) is 94.1 Å². The number of thioether (sulfide) groups is 1. The third-order valence-electron chi connectivity index (χ3n) is 4.63. The van der Waals surface area contributed by atoms with E-state index in [1.807, 2.05) is 6.26 Å². The Morgan fingerprint density at radius 2 is 1.88 bits per heavy atom. The summed E-state index contributed by atoms with van der Waals surface area (Å²) in [5.74, 6) is -2.18. The van der Waals surface area contributed by atoms with Gasteiger partial charge in [-0.05, 0) is 42.2 Å². The number of anilines is 1. The SMILES string of the molecule is COc1ncc(Cl)cc1S(=O)(=O)Nc1ccc(F)c(-c2ccc3nc(SC)ncc3c2)c1F. The lowest BCUT2D eigenvalue weighted by Crippen LogP contribution is -2.16. The molecule has 1 N–H and O–H groups in total. The molecule has 33 heavy (non-hydrogen) atoms. The van der Waals surface area contributed by atoms with Crippen LogP contribution in [-0.4, -0.2) is 36.7 Å². The van der Waals surface area contributed by atoms with E-state index in [0.29, 0.717) is 16.1 Å². The van der Waals surface area contributed by atoms with Gasteiger partial charge in [0.25, 0.3) is 10.0 Å². The smallest absolute Gasteiger partial charge is 0.267 e. The van der Waals surface area contributed by atoms with Gasteiger partial charge >= 0.3 is 0 Å². The molecule has 0 unspecified atom stereocenters. The molecule has 0 aliphatic heterocycles. The number of pyridine rings is 1. The number of nitrogens with zero attached hydrogens (tertiary/aromatic N) is 3. The van der Waals surface area contributed by atoms with E-state index in [4.69, 9.17) is 16.3 Å². The summed E-state index contributed by atoms with van der Waals surface area (Å²) < 4.78 is 62.9. The third-order valence-corrected chi connectivity index (χ3v) is 6.76. The number of rotatable bonds is 6. The molecule has 2 aromatic carbocycles. The van der Waals surface area contributed by atoms with E-state index in [1.54, 1.807) is 12.3 Å². The van der Waals surface area contributed by atoms with Gasteiger partial charge in [0.15, 0.2) is 15.9 Å². The van der Waals surface area contributed by atoms with E-state index in [1.165, 1.54) is 37.2 Å². The van der Waals surface area contributed by atoms with Crippen LogP contribution in [0, 0.1) is 11.6 Å². The Balaban J connectivity index is 1.78. The number of hydrogen-bond acceptors (Lipinski definition) is 7. The highest BCUT2D eigenvalue weighted by atomic mass is 35.5. The minimum absolute atomic E-state index is 0.0412. The van der Waals surface area contributed by atoms with Crippen molar-refractivity contribution in [3.05, 3.63) is 65.4 Å². The van der Waals surface area contributed by atoms with Crippen LogP contribution in [0.4, 0.5) is 14.5 Å². The second kappa shape index (κ2) is 9.08. The fourth-order valence-electron chi connectivity index (χ4n) is 3.12. The van der Waals surface area contributed by atoms with Crippen LogP contribution in [-0.2, 0) is 10.0 Å². The molecule has 0 bridgehead atoms. The number of methoxy groups -OCH3 is 1. The summed E-state index contributed by atoms with van der Waals surface area (Å²) >= 11 is 7.23. The average molecular weight is 509 g/mol. The molecule has 4 aromatic rings. The van der Waals surface area contributed by atoms with Gasteiger partial charge in [0.2, 0.25) is 5.88 Å². The number of hydrogen-bond donors (Lipinski definition) is 1. The molecule has 170 valence electrons. The van der Waals surface area contributed by atoms with Crippen LogP contribution in [0.2, 0.25) is 5.02 Å². The van der Waals surface area contributed by atoms with Crippen LogP contribution >= 0.6 is 23.4 Å². The number of benzene rings is 2. The van der Waals surface area contributed by atoms with Crippen LogP contribution in [0.1, 0.15) is 0 Å². The molecule has 0 aliphatic rings. The van der Waals surface area contributed by atoms with Crippen molar-refractivity contribution in [1.29, 1.82) is 0 Å². The van der Waals surface area contributed by atoms with Crippen molar-refractivity contribution in [2.75, 3.05) is 18.1 Å². The molecule has 0 aliphatic carbocycles. The summed E-state index contributed by atoms with van der Waals surface area (Å²) in [7, 11) is -3.13. The predicted molar refractivity (Wildman–Crippen MR) is 123 cm³/mol. The van der Waals surface area contributed by atoms with Crippen molar-refractivity contribution in [2.24, 2.45) is 0 Å². The predicted octanol–water partition coefficient (Wildman–Crippen LogP) is 5.15. The zero-order valence-corrected chi connectivity index (χ0v) is 19.5. The Morgan fingerprint density at radius 3 is 2.61 bits per heavy atom. The van der Waals surface area contributed by atoms with E-state index >= 15 is 4.39 Å². The summed E-state index contributed by atoms with van der Waals surface area (Å²) in [6.45, 7) is 0. The normalized spacial score (nSPS) is 11.5. The van der Waals surface area contributed by atoms with Crippen molar-refractivity contribution >= 4 is 50.0 Å². The Morgan fingerprint density at radius 1 is 1.09 bits per heavy atom. The van der Waals surface area contributed by atoms with Gasteiger partial charge in [0.1, 0.15) is 5.82 Å². The van der Waals surface area contributed by atoms with Crippen molar-refractivity contribution < 1.29 is 21.9 Å². The fourth-order valence-corrected chi connectivity index (χ4v) is 4.90. The molecular weight excluding hydrogens is 494 g/mol. The van der Waals surface area contributed by atoms with Crippen LogP contribution in [0.25, 0.3) is 22.0 Å². The summed E-state index contributed by atoms with van der Waals surface area (Å²) in [5.41, 5.74) is -0.0536. The highest BCUT2D eigenvalue weighted by molar-refractivity contribution is 7.98. The molecule has 0 saturated heterocycles. The van der Waals surface area contributed by atoms with Gasteiger partial charge in [-0.1, -0.05) is 29.4 Å². The van der Waals surface area contributed by atoms with Crippen LogP contribution in [0.3, 0.4) is 0 Å². The zero-order valence-electron chi connectivity index (χ0n) is 17.1. The average Bonchev–Trinajstić information content (AvgIpc) is 2.80. The molecule has 2 aromatic heterocycles. The van der Waals surface area contributed by atoms with E-state index in [2.05, 4.69) is 19.7 Å². The molecule has 4 rings (SSSR count). The number of ether oxygens (including phenoxy) is 1. The first-order valence-electron chi connectivity index (χ1n) is 9.25. The van der Waals surface area contributed by atoms with Gasteiger partial charge in [-0.2, -0.15) is 0 Å². The molecule has 0 fully saturated rings. The van der Waals surface area contributed by atoms with Crippen molar-refractivity contribution in [3.63, 3.8) is 0 Å². The highest BCUT2D eigenvalue weighted by Crippen LogP contribution is 2.34. The number of aromatic nitrogens is 3. The van der Waals surface area contributed by atoms with E-state index < -0.39 is 37.8 Å². The molecule has 0 amide bonds. The Kier molecular flexibility index (Phi) is 6.37. The van der Waals surface area contributed by atoms with Gasteiger partial charge in [-0.15, -0.1) is 0 Å². The second-order valence-electron chi connectivity index (χ2n) is 6.68. The number of halogens is 3. The minimum Gasteiger partial charge on any atom is -0.480 e. The molecule has 0 atom stereocenters. The first-order chi connectivity index (χ1) is 15.7. The largest absolute Gasteiger partial charge is 0.480 e. The molecule has 7 nitrogen and oxygen atoms in total. The molecule has 0 spiro atoms. The van der Waals surface area contributed by atoms with Crippen molar-refractivity contribution in [1.82, 2.24) is 15.0 Å². The third kappa shape index (κ3) is 4.56. The maximum absolute atomic E-state index is 15.4. The maximum atomic E-state index is 15.4. The van der Waals surface area contributed by atoms with E-state index in [-0.39, 0.29) is 16.5 Å². The number of nitrogens with one attached hydrogen (secondary N) is 1. The first-order valence-corrected chi connectivity index (χ1v) is 12.3. The van der Waals surface area contributed by atoms with Gasteiger partial charge < -0.3 is 4.74 Å². The number of sulfonamides is 1. The van der Waals surface area contributed by atoms with Gasteiger partial charge in [0, 0.05) is 17.8 Å². The molecule has 12 heteroatoms. The standard InChI is InChI=1S/C21H15ClF2N4O3S2/c1-31-20-17(8-13(22)10-25-20)33(29,30)28-16-6-4-14(23)18(19(16)24)11-3-5-15-12(7-11)9-26-21(27-15)32-2/h3-10,28H,1-2H3. The monoisotopic (exact) mass is 508 g/mol. The quantitative estimate of drug-likeness (QED) is 0.284.